The molecule has 0 bridgehead atoms. The van der Waals surface area contributed by atoms with E-state index in [0.29, 0.717) is 0 Å². The van der Waals surface area contributed by atoms with E-state index in [4.69, 9.17) is 5.73 Å². The van der Waals surface area contributed by atoms with Crippen molar-refractivity contribution in [3.05, 3.63) is 29.8 Å². The third kappa shape index (κ3) is 3.49. The third-order valence-corrected chi connectivity index (χ3v) is 3.87. The standard InChI is InChI=1S/C16H26N2/c1-13(2)11-18(15-8-4-5-9-15)12-14-7-3-6-10-16(14)17/h3,6-7,10,13,15H,4-5,8-9,11-12,17H2,1-2H3. The molecular formula is C16H26N2. The maximum atomic E-state index is 6.07. The highest BCUT2D eigenvalue weighted by Gasteiger charge is 2.23. The Kier molecular flexibility index (Phi) is 4.65. The van der Waals surface area contributed by atoms with Gasteiger partial charge in [-0.25, -0.2) is 0 Å². The first-order valence-electron chi connectivity index (χ1n) is 7.24. The molecule has 1 aromatic rings. The van der Waals surface area contributed by atoms with Gasteiger partial charge in [0.25, 0.3) is 0 Å². The highest BCUT2D eigenvalue weighted by Crippen LogP contribution is 2.26. The number of para-hydroxylation sites is 1. The summed E-state index contributed by atoms with van der Waals surface area (Å²) in [6.07, 6.45) is 5.51. The maximum absolute atomic E-state index is 6.07. The quantitative estimate of drug-likeness (QED) is 0.803. The number of nitrogens with zero attached hydrogens (tertiary/aromatic N) is 1. The zero-order valence-corrected chi connectivity index (χ0v) is 11.7. The Bertz CT molecular complexity index is 367. The lowest BCUT2D eigenvalue weighted by Crippen LogP contribution is -2.35. The Morgan fingerprint density at radius 1 is 1.22 bits per heavy atom. The number of nitrogens with two attached hydrogens (primary N) is 1. The molecule has 2 heteroatoms. The van der Waals surface area contributed by atoms with Crippen LogP contribution in [0.1, 0.15) is 45.1 Å². The number of hydrogen-bond donors (Lipinski definition) is 1. The van der Waals surface area contributed by atoms with Gasteiger partial charge >= 0.3 is 0 Å². The predicted octanol–water partition coefficient (Wildman–Crippen LogP) is 3.67. The fraction of sp³-hybridized carbons (Fsp3) is 0.625. The second-order valence-corrected chi connectivity index (χ2v) is 5.96. The first kappa shape index (κ1) is 13.4. The van der Waals surface area contributed by atoms with Gasteiger partial charge < -0.3 is 5.73 Å². The second kappa shape index (κ2) is 6.24. The second-order valence-electron chi connectivity index (χ2n) is 5.96. The molecule has 1 fully saturated rings. The van der Waals surface area contributed by atoms with Crippen LogP contribution in [0.5, 0.6) is 0 Å². The highest BCUT2D eigenvalue weighted by atomic mass is 15.2. The fourth-order valence-corrected chi connectivity index (χ4v) is 2.98. The SMILES string of the molecule is CC(C)CN(Cc1ccccc1N)C1CCCC1. The summed E-state index contributed by atoms with van der Waals surface area (Å²) < 4.78 is 0. The molecule has 0 spiro atoms. The van der Waals surface area contributed by atoms with Gasteiger partial charge in [0.1, 0.15) is 0 Å². The van der Waals surface area contributed by atoms with Gasteiger partial charge in [0.05, 0.1) is 0 Å². The third-order valence-electron chi connectivity index (χ3n) is 3.87. The maximum Gasteiger partial charge on any atom is 0.0359 e. The summed E-state index contributed by atoms with van der Waals surface area (Å²) in [5.74, 6) is 0.718. The van der Waals surface area contributed by atoms with Gasteiger partial charge in [-0.1, -0.05) is 44.9 Å². The van der Waals surface area contributed by atoms with Crippen LogP contribution in [0.2, 0.25) is 0 Å². The van der Waals surface area contributed by atoms with E-state index in [-0.39, 0.29) is 0 Å². The van der Waals surface area contributed by atoms with Crippen LogP contribution < -0.4 is 5.73 Å². The van der Waals surface area contributed by atoms with Crippen LogP contribution in [0.15, 0.2) is 24.3 Å². The van der Waals surface area contributed by atoms with Crippen LogP contribution in [0.4, 0.5) is 5.69 Å². The summed E-state index contributed by atoms with van der Waals surface area (Å²) in [6, 6.07) is 9.05. The summed E-state index contributed by atoms with van der Waals surface area (Å²) in [5, 5.41) is 0. The van der Waals surface area contributed by atoms with Crippen molar-refractivity contribution >= 4 is 5.69 Å². The Labute approximate surface area is 111 Å². The summed E-state index contributed by atoms with van der Waals surface area (Å²) in [6.45, 7) is 6.79. The fourth-order valence-electron chi connectivity index (χ4n) is 2.98. The van der Waals surface area contributed by atoms with Crippen molar-refractivity contribution in [1.82, 2.24) is 4.90 Å². The minimum Gasteiger partial charge on any atom is -0.398 e. The normalized spacial score (nSPS) is 16.9. The molecular weight excluding hydrogens is 220 g/mol. The molecule has 1 aromatic carbocycles. The lowest BCUT2D eigenvalue weighted by atomic mass is 10.1. The van der Waals surface area contributed by atoms with E-state index in [2.05, 4.69) is 30.9 Å². The van der Waals surface area contributed by atoms with Crippen molar-refractivity contribution in [2.45, 2.75) is 52.1 Å². The molecule has 2 nitrogen and oxygen atoms in total. The van der Waals surface area contributed by atoms with Crippen molar-refractivity contribution in [2.24, 2.45) is 5.92 Å². The average molecular weight is 246 g/mol. The molecule has 1 aliphatic rings. The largest absolute Gasteiger partial charge is 0.398 e. The predicted molar refractivity (Wildman–Crippen MR) is 78.4 cm³/mol. The molecule has 2 N–H and O–H groups in total. The lowest BCUT2D eigenvalue weighted by Gasteiger charge is -2.30. The van der Waals surface area contributed by atoms with Crippen LogP contribution >= 0.6 is 0 Å². The summed E-state index contributed by atoms with van der Waals surface area (Å²) in [4.78, 5) is 2.64. The molecule has 0 atom stereocenters. The monoisotopic (exact) mass is 246 g/mol. The van der Waals surface area contributed by atoms with Crippen molar-refractivity contribution in [3.8, 4) is 0 Å². The van der Waals surface area contributed by atoms with Gasteiger partial charge in [-0.05, 0) is 30.4 Å². The Balaban J connectivity index is 2.06. The Morgan fingerprint density at radius 2 is 1.89 bits per heavy atom. The first-order chi connectivity index (χ1) is 8.66. The number of nitrogen functional groups attached to an aromatic ring is 1. The number of anilines is 1. The average Bonchev–Trinajstić information content (AvgIpc) is 2.84. The number of benzene rings is 1. The summed E-state index contributed by atoms with van der Waals surface area (Å²) in [5.41, 5.74) is 8.29. The van der Waals surface area contributed by atoms with Crippen molar-refractivity contribution in [2.75, 3.05) is 12.3 Å². The zero-order chi connectivity index (χ0) is 13.0. The number of hydrogen-bond acceptors (Lipinski definition) is 2. The molecule has 1 saturated carbocycles. The highest BCUT2D eigenvalue weighted by molar-refractivity contribution is 5.46. The topological polar surface area (TPSA) is 29.3 Å². The van der Waals surface area contributed by atoms with Gasteiger partial charge in [-0.3, -0.25) is 4.90 Å². The molecule has 0 saturated heterocycles. The molecule has 0 aromatic heterocycles. The van der Waals surface area contributed by atoms with E-state index in [0.717, 1.165) is 24.2 Å². The van der Waals surface area contributed by atoms with Gasteiger partial charge in [-0.15, -0.1) is 0 Å². The van der Waals surface area contributed by atoms with E-state index in [1.807, 2.05) is 12.1 Å². The van der Waals surface area contributed by atoms with Crippen LogP contribution in [-0.2, 0) is 6.54 Å². The molecule has 1 aliphatic carbocycles. The summed E-state index contributed by atoms with van der Waals surface area (Å²) in [7, 11) is 0. The van der Waals surface area contributed by atoms with Gasteiger partial charge in [0.2, 0.25) is 0 Å². The van der Waals surface area contributed by atoms with Crippen LogP contribution in [0, 0.1) is 5.92 Å². The van der Waals surface area contributed by atoms with Crippen molar-refractivity contribution < 1.29 is 0 Å². The van der Waals surface area contributed by atoms with E-state index in [9.17, 15) is 0 Å². The Morgan fingerprint density at radius 3 is 2.50 bits per heavy atom. The van der Waals surface area contributed by atoms with Crippen LogP contribution in [0.3, 0.4) is 0 Å². The molecule has 0 unspecified atom stereocenters. The molecule has 2 rings (SSSR count). The van der Waals surface area contributed by atoms with Gasteiger partial charge in [-0.2, -0.15) is 0 Å². The van der Waals surface area contributed by atoms with E-state index in [1.54, 1.807) is 0 Å². The first-order valence-corrected chi connectivity index (χ1v) is 7.24. The Hall–Kier alpha value is -1.02. The van der Waals surface area contributed by atoms with E-state index < -0.39 is 0 Å². The van der Waals surface area contributed by atoms with Gasteiger partial charge in [0.15, 0.2) is 0 Å². The minimum absolute atomic E-state index is 0.718. The van der Waals surface area contributed by atoms with Crippen molar-refractivity contribution in [1.29, 1.82) is 0 Å². The zero-order valence-electron chi connectivity index (χ0n) is 11.7. The summed E-state index contributed by atoms with van der Waals surface area (Å²) >= 11 is 0. The number of rotatable bonds is 5. The molecule has 0 aliphatic heterocycles. The van der Waals surface area contributed by atoms with E-state index >= 15 is 0 Å². The van der Waals surface area contributed by atoms with Gasteiger partial charge in [0, 0.05) is 24.8 Å². The molecule has 0 amide bonds. The van der Waals surface area contributed by atoms with Crippen LogP contribution in [0.25, 0.3) is 0 Å². The molecule has 100 valence electrons. The molecule has 18 heavy (non-hydrogen) atoms. The van der Waals surface area contributed by atoms with Crippen LogP contribution in [-0.4, -0.2) is 17.5 Å². The molecule has 0 heterocycles. The molecule has 0 radical (unpaired) electrons. The smallest absolute Gasteiger partial charge is 0.0359 e. The van der Waals surface area contributed by atoms with E-state index in [1.165, 1.54) is 37.8 Å². The van der Waals surface area contributed by atoms with Crippen molar-refractivity contribution in [3.63, 3.8) is 0 Å². The lowest BCUT2D eigenvalue weighted by molar-refractivity contribution is 0.169. The minimum atomic E-state index is 0.718.